The number of hydrogen-bond donors (Lipinski definition) is 3. The van der Waals surface area contributed by atoms with Crippen LogP contribution in [0.25, 0.3) is 0 Å². The first-order valence-corrected chi connectivity index (χ1v) is 7.37. The fourth-order valence-electron chi connectivity index (χ4n) is 2.16. The summed E-state index contributed by atoms with van der Waals surface area (Å²) >= 11 is 0. The summed E-state index contributed by atoms with van der Waals surface area (Å²) in [6.07, 6.45) is 1.73. The lowest BCUT2D eigenvalue weighted by Gasteiger charge is -2.14. The number of urea groups is 1. The molecule has 1 rings (SSSR count). The van der Waals surface area contributed by atoms with Crippen LogP contribution in [-0.4, -0.2) is 23.7 Å². The van der Waals surface area contributed by atoms with Gasteiger partial charge in [-0.3, -0.25) is 4.79 Å². The first-order chi connectivity index (χ1) is 10.1. The monoisotopic (exact) mass is 292 g/mol. The maximum absolute atomic E-state index is 11.8. The van der Waals surface area contributed by atoms with Crippen molar-refractivity contribution in [3.05, 3.63) is 35.4 Å². The molecule has 0 fully saturated rings. The molecule has 5 nitrogen and oxygen atoms in total. The number of carbonyl (C=O) groups is 2. The number of carboxylic acids is 1. The summed E-state index contributed by atoms with van der Waals surface area (Å²) < 4.78 is 0. The van der Waals surface area contributed by atoms with Crippen molar-refractivity contribution >= 4 is 12.0 Å². The first kappa shape index (κ1) is 17.0. The maximum atomic E-state index is 11.8. The molecule has 3 N–H and O–H groups in total. The fourth-order valence-corrected chi connectivity index (χ4v) is 2.16. The number of nitrogens with one attached hydrogen (secondary N) is 2. The topological polar surface area (TPSA) is 78.4 Å². The smallest absolute Gasteiger partial charge is 0.315 e. The highest BCUT2D eigenvalue weighted by Gasteiger charge is 2.12. The highest BCUT2D eigenvalue weighted by atomic mass is 16.4. The molecule has 0 radical (unpaired) electrons. The third kappa shape index (κ3) is 6.29. The van der Waals surface area contributed by atoms with Gasteiger partial charge in [0.15, 0.2) is 0 Å². The van der Waals surface area contributed by atoms with E-state index in [1.807, 2.05) is 25.1 Å². The van der Waals surface area contributed by atoms with Crippen LogP contribution in [0.2, 0.25) is 0 Å². The van der Waals surface area contributed by atoms with Gasteiger partial charge in [-0.2, -0.15) is 0 Å². The first-order valence-electron chi connectivity index (χ1n) is 7.37. The minimum Gasteiger partial charge on any atom is -0.481 e. The van der Waals surface area contributed by atoms with Crippen molar-refractivity contribution in [2.24, 2.45) is 5.92 Å². The molecule has 1 aromatic carbocycles. The van der Waals surface area contributed by atoms with E-state index in [-0.39, 0.29) is 18.4 Å². The van der Waals surface area contributed by atoms with Crippen LogP contribution in [0.15, 0.2) is 24.3 Å². The number of aryl methyl sites for hydroxylation is 1. The van der Waals surface area contributed by atoms with Crippen LogP contribution in [0.3, 0.4) is 0 Å². The third-order valence-corrected chi connectivity index (χ3v) is 3.53. The number of hydrogen-bond acceptors (Lipinski definition) is 2. The quantitative estimate of drug-likeness (QED) is 0.689. The van der Waals surface area contributed by atoms with E-state index in [1.165, 1.54) is 5.56 Å². The standard InChI is InChI=1S/C16H24N2O3/c1-3-12(9-15(19)20)10-17-16(21)18-11-14-8-6-5-7-13(14)4-2/h5-8,12H,3-4,9-11H2,1-2H3,(H,19,20)(H2,17,18,21). The summed E-state index contributed by atoms with van der Waals surface area (Å²) in [5, 5.41) is 14.3. The van der Waals surface area contributed by atoms with E-state index in [0.29, 0.717) is 13.1 Å². The van der Waals surface area contributed by atoms with Crippen LogP contribution in [0, 0.1) is 5.92 Å². The number of benzene rings is 1. The van der Waals surface area contributed by atoms with Crippen LogP contribution >= 0.6 is 0 Å². The Hall–Kier alpha value is -2.04. The zero-order valence-corrected chi connectivity index (χ0v) is 12.7. The molecule has 0 aliphatic heterocycles. The van der Waals surface area contributed by atoms with Crippen molar-refractivity contribution in [3.8, 4) is 0 Å². The zero-order chi connectivity index (χ0) is 15.7. The predicted molar refractivity (Wildman–Crippen MR) is 82.1 cm³/mol. The van der Waals surface area contributed by atoms with Gasteiger partial charge in [0.1, 0.15) is 0 Å². The molecule has 0 bridgehead atoms. The van der Waals surface area contributed by atoms with Crippen LogP contribution in [0.1, 0.15) is 37.8 Å². The summed E-state index contributed by atoms with van der Waals surface area (Å²) in [6.45, 7) is 4.86. The SMILES string of the molecule is CCc1ccccc1CNC(=O)NCC(CC)CC(=O)O. The van der Waals surface area contributed by atoms with Gasteiger partial charge in [0, 0.05) is 19.5 Å². The van der Waals surface area contributed by atoms with E-state index in [4.69, 9.17) is 5.11 Å². The van der Waals surface area contributed by atoms with Crippen molar-refractivity contribution in [1.29, 1.82) is 0 Å². The van der Waals surface area contributed by atoms with E-state index < -0.39 is 5.97 Å². The lowest BCUT2D eigenvalue weighted by atomic mass is 10.0. The average Bonchev–Trinajstić information content (AvgIpc) is 2.49. The Bertz CT molecular complexity index is 474. The lowest BCUT2D eigenvalue weighted by Crippen LogP contribution is -2.38. The molecule has 1 aromatic rings. The minimum absolute atomic E-state index is 0.0313. The van der Waals surface area contributed by atoms with Gasteiger partial charge < -0.3 is 15.7 Å². The zero-order valence-electron chi connectivity index (χ0n) is 12.7. The molecule has 2 amide bonds. The summed E-state index contributed by atoms with van der Waals surface area (Å²) in [5.41, 5.74) is 2.32. The second-order valence-corrected chi connectivity index (χ2v) is 5.06. The van der Waals surface area contributed by atoms with Crippen molar-refractivity contribution in [2.75, 3.05) is 6.54 Å². The van der Waals surface area contributed by atoms with E-state index >= 15 is 0 Å². The lowest BCUT2D eigenvalue weighted by molar-refractivity contribution is -0.138. The number of aliphatic carboxylic acids is 1. The van der Waals surface area contributed by atoms with Crippen molar-refractivity contribution in [3.63, 3.8) is 0 Å². The summed E-state index contributed by atoms with van der Waals surface area (Å²) in [7, 11) is 0. The Morgan fingerprint density at radius 1 is 1.14 bits per heavy atom. The number of carboxylic acid groups (broad SMARTS) is 1. The molecule has 1 unspecified atom stereocenters. The largest absolute Gasteiger partial charge is 0.481 e. The summed E-state index contributed by atoms with van der Waals surface area (Å²) in [5.74, 6) is -0.864. The highest BCUT2D eigenvalue weighted by Crippen LogP contribution is 2.09. The van der Waals surface area contributed by atoms with Crippen LogP contribution in [0.5, 0.6) is 0 Å². The Labute approximate surface area is 125 Å². The molecule has 0 saturated carbocycles. The Morgan fingerprint density at radius 2 is 1.81 bits per heavy atom. The Balaban J connectivity index is 2.38. The summed E-state index contributed by atoms with van der Waals surface area (Å²) in [6, 6.07) is 7.73. The van der Waals surface area contributed by atoms with Gasteiger partial charge in [0.25, 0.3) is 0 Å². The number of rotatable bonds is 8. The van der Waals surface area contributed by atoms with E-state index in [1.54, 1.807) is 0 Å². The van der Waals surface area contributed by atoms with E-state index in [2.05, 4.69) is 23.6 Å². The molecule has 0 aliphatic carbocycles. The third-order valence-electron chi connectivity index (χ3n) is 3.53. The van der Waals surface area contributed by atoms with Crippen molar-refractivity contribution in [1.82, 2.24) is 10.6 Å². The molecule has 0 heterocycles. The highest BCUT2D eigenvalue weighted by molar-refractivity contribution is 5.74. The molecule has 21 heavy (non-hydrogen) atoms. The molecule has 5 heteroatoms. The molecule has 0 aliphatic rings. The normalized spacial score (nSPS) is 11.7. The second-order valence-electron chi connectivity index (χ2n) is 5.06. The van der Waals surface area contributed by atoms with Crippen LogP contribution < -0.4 is 10.6 Å². The molecule has 0 aromatic heterocycles. The predicted octanol–water partition coefficient (Wildman–Crippen LogP) is 2.55. The van der Waals surface area contributed by atoms with Gasteiger partial charge >= 0.3 is 12.0 Å². The molecule has 0 saturated heterocycles. The van der Waals surface area contributed by atoms with Gasteiger partial charge in [-0.25, -0.2) is 4.79 Å². The molecule has 0 spiro atoms. The Morgan fingerprint density at radius 3 is 2.38 bits per heavy atom. The van der Waals surface area contributed by atoms with Crippen molar-refractivity contribution in [2.45, 2.75) is 39.7 Å². The van der Waals surface area contributed by atoms with E-state index in [9.17, 15) is 9.59 Å². The van der Waals surface area contributed by atoms with Gasteiger partial charge in [0.05, 0.1) is 0 Å². The van der Waals surface area contributed by atoms with E-state index in [0.717, 1.165) is 18.4 Å². The van der Waals surface area contributed by atoms with Gasteiger partial charge in [0.2, 0.25) is 0 Å². The molecular weight excluding hydrogens is 268 g/mol. The second kappa shape index (κ2) is 9.00. The maximum Gasteiger partial charge on any atom is 0.315 e. The van der Waals surface area contributed by atoms with Gasteiger partial charge in [-0.1, -0.05) is 44.5 Å². The average molecular weight is 292 g/mol. The fraction of sp³-hybridized carbons (Fsp3) is 0.500. The Kier molecular flexibility index (Phi) is 7.29. The number of carbonyl (C=O) groups excluding carboxylic acids is 1. The van der Waals surface area contributed by atoms with Gasteiger partial charge in [-0.15, -0.1) is 0 Å². The van der Waals surface area contributed by atoms with Crippen molar-refractivity contribution < 1.29 is 14.7 Å². The van der Waals surface area contributed by atoms with Crippen LogP contribution in [0.4, 0.5) is 4.79 Å². The molecular formula is C16H24N2O3. The van der Waals surface area contributed by atoms with Crippen LogP contribution in [-0.2, 0) is 17.8 Å². The molecule has 116 valence electrons. The minimum atomic E-state index is -0.832. The summed E-state index contributed by atoms with van der Waals surface area (Å²) in [4.78, 5) is 22.4. The number of amides is 2. The molecule has 1 atom stereocenters. The van der Waals surface area contributed by atoms with Gasteiger partial charge in [-0.05, 0) is 23.5 Å².